The van der Waals surface area contributed by atoms with Crippen molar-refractivity contribution < 1.29 is 27.5 Å². The van der Waals surface area contributed by atoms with E-state index in [4.69, 9.17) is 4.74 Å². The molecule has 3 rings (SSSR count). The van der Waals surface area contributed by atoms with E-state index in [2.05, 4.69) is 20.6 Å². The quantitative estimate of drug-likeness (QED) is 0.680. The van der Waals surface area contributed by atoms with Crippen LogP contribution < -0.4 is 15.4 Å². The second kappa shape index (κ2) is 8.68. The molecule has 7 nitrogen and oxygen atoms in total. The Hall–Kier alpha value is -3.17. The number of ether oxygens (including phenoxy) is 1. The van der Waals surface area contributed by atoms with Crippen molar-refractivity contribution in [2.75, 3.05) is 11.9 Å². The van der Waals surface area contributed by atoms with Crippen molar-refractivity contribution in [2.24, 2.45) is 5.41 Å². The highest BCUT2D eigenvalue weighted by molar-refractivity contribution is 5.98. The van der Waals surface area contributed by atoms with Crippen LogP contribution in [0, 0.1) is 5.41 Å². The summed E-state index contributed by atoms with van der Waals surface area (Å²) in [6.45, 7) is 1.53. The van der Waals surface area contributed by atoms with Gasteiger partial charge in [0.1, 0.15) is 5.82 Å². The van der Waals surface area contributed by atoms with Crippen LogP contribution >= 0.6 is 0 Å². The van der Waals surface area contributed by atoms with Crippen molar-refractivity contribution in [2.45, 2.75) is 38.9 Å². The highest BCUT2D eigenvalue weighted by Crippen LogP contribution is 2.45. The molecule has 0 aromatic carbocycles. The number of hydrogen-bond acceptors (Lipinski definition) is 5. The third kappa shape index (κ3) is 6.16. The lowest BCUT2D eigenvalue weighted by molar-refractivity contribution is -0.139. The zero-order chi connectivity index (χ0) is 21.8. The first-order chi connectivity index (χ1) is 14.1. The van der Waals surface area contributed by atoms with E-state index in [0.717, 1.165) is 12.8 Å². The van der Waals surface area contributed by atoms with E-state index in [-0.39, 0.29) is 29.7 Å². The highest BCUT2D eigenvalue weighted by Gasteiger charge is 2.45. The largest absolute Gasteiger partial charge is 0.477 e. The van der Waals surface area contributed by atoms with E-state index in [1.807, 2.05) is 6.92 Å². The second-order valence-corrected chi connectivity index (χ2v) is 7.35. The molecule has 10 heteroatoms. The van der Waals surface area contributed by atoms with Crippen molar-refractivity contribution in [3.05, 3.63) is 47.8 Å². The smallest absolute Gasteiger partial charge is 0.392 e. The Labute approximate surface area is 171 Å². The molecule has 1 saturated carbocycles. The van der Waals surface area contributed by atoms with Crippen molar-refractivity contribution in [3.63, 3.8) is 0 Å². The number of aromatic nitrogens is 2. The predicted octanol–water partition coefficient (Wildman–Crippen LogP) is 3.48. The minimum Gasteiger partial charge on any atom is -0.477 e. The third-order valence-electron chi connectivity index (χ3n) is 4.70. The minimum absolute atomic E-state index is 0.0770. The van der Waals surface area contributed by atoms with Crippen LogP contribution in [0.3, 0.4) is 0 Å². The number of alkyl halides is 3. The number of hydrogen-bond donors (Lipinski definition) is 2. The van der Waals surface area contributed by atoms with Crippen LogP contribution in [-0.4, -0.2) is 34.6 Å². The van der Waals surface area contributed by atoms with Crippen LogP contribution in [0.2, 0.25) is 0 Å². The van der Waals surface area contributed by atoms with Gasteiger partial charge in [0.05, 0.1) is 13.0 Å². The maximum atomic E-state index is 12.4. The standard InChI is InChI=1S/C20H21F3N4O3/c1-19(5-6-19)18(29)27-15-10-14(4-8-24-15)17(28)26-12-13-2-3-16(25-11-13)30-9-7-20(21,22)23/h2-4,8,10-11H,5-7,9,12H2,1H3,(H,26,28)(H,24,27,29). The fourth-order valence-corrected chi connectivity index (χ4v) is 2.48. The Balaban J connectivity index is 1.49. The van der Waals surface area contributed by atoms with Gasteiger partial charge in [-0.3, -0.25) is 9.59 Å². The molecule has 2 N–H and O–H groups in total. The van der Waals surface area contributed by atoms with Gasteiger partial charge in [-0.25, -0.2) is 9.97 Å². The minimum atomic E-state index is -4.28. The molecule has 0 bridgehead atoms. The van der Waals surface area contributed by atoms with Crippen molar-refractivity contribution in [1.82, 2.24) is 15.3 Å². The Kier molecular flexibility index (Phi) is 6.23. The van der Waals surface area contributed by atoms with E-state index in [1.54, 1.807) is 6.07 Å². The van der Waals surface area contributed by atoms with Gasteiger partial charge in [-0.15, -0.1) is 0 Å². The predicted molar refractivity (Wildman–Crippen MR) is 102 cm³/mol. The van der Waals surface area contributed by atoms with Gasteiger partial charge in [-0.1, -0.05) is 13.0 Å². The molecule has 30 heavy (non-hydrogen) atoms. The molecule has 0 atom stereocenters. The highest BCUT2D eigenvalue weighted by atomic mass is 19.4. The normalized spacial score (nSPS) is 14.7. The van der Waals surface area contributed by atoms with Crippen LogP contribution in [-0.2, 0) is 11.3 Å². The zero-order valence-electron chi connectivity index (χ0n) is 16.3. The van der Waals surface area contributed by atoms with E-state index in [1.165, 1.54) is 30.6 Å². The molecular formula is C20H21F3N4O3. The summed E-state index contributed by atoms with van der Waals surface area (Å²) in [4.78, 5) is 32.5. The van der Waals surface area contributed by atoms with Gasteiger partial charge in [0, 0.05) is 36.0 Å². The zero-order valence-corrected chi connectivity index (χ0v) is 16.3. The van der Waals surface area contributed by atoms with Gasteiger partial charge in [0.2, 0.25) is 11.8 Å². The van der Waals surface area contributed by atoms with E-state index in [0.29, 0.717) is 16.9 Å². The topological polar surface area (TPSA) is 93.2 Å². The summed E-state index contributed by atoms with van der Waals surface area (Å²) < 4.78 is 41.3. The Bertz CT molecular complexity index is 912. The molecule has 160 valence electrons. The van der Waals surface area contributed by atoms with Gasteiger partial charge in [-0.2, -0.15) is 13.2 Å². The summed E-state index contributed by atoms with van der Waals surface area (Å²) in [7, 11) is 0. The molecule has 0 saturated heterocycles. The number of anilines is 1. The maximum Gasteiger partial charge on any atom is 0.392 e. The lowest BCUT2D eigenvalue weighted by Gasteiger charge is -2.11. The molecule has 2 aromatic rings. The van der Waals surface area contributed by atoms with Gasteiger partial charge < -0.3 is 15.4 Å². The molecule has 2 amide bonds. The monoisotopic (exact) mass is 422 g/mol. The van der Waals surface area contributed by atoms with Gasteiger partial charge >= 0.3 is 6.18 Å². The molecule has 2 heterocycles. The maximum absolute atomic E-state index is 12.4. The first-order valence-electron chi connectivity index (χ1n) is 9.35. The van der Waals surface area contributed by atoms with Crippen LogP contribution in [0.4, 0.5) is 19.0 Å². The van der Waals surface area contributed by atoms with Gasteiger partial charge in [0.25, 0.3) is 5.91 Å². The number of rotatable bonds is 8. The van der Waals surface area contributed by atoms with Gasteiger partial charge in [-0.05, 0) is 30.5 Å². The summed E-state index contributed by atoms with van der Waals surface area (Å²) in [6, 6.07) is 6.07. The van der Waals surface area contributed by atoms with Crippen molar-refractivity contribution >= 4 is 17.6 Å². The Morgan fingerprint density at radius 2 is 1.97 bits per heavy atom. The molecule has 0 spiro atoms. The molecule has 0 aliphatic heterocycles. The van der Waals surface area contributed by atoms with Crippen LogP contribution in [0.5, 0.6) is 5.88 Å². The molecule has 0 unspecified atom stereocenters. The molecule has 2 aromatic heterocycles. The summed E-state index contributed by atoms with van der Waals surface area (Å²) in [6.07, 6.45) is -0.819. The lowest BCUT2D eigenvalue weighted by atomic mass is 10.1. The number of amides is 2. The van der Waals surface area contributed by atoms with Crippen LogP contribution in [0.15, 0.2) is 36.7 Å². The van der Waals surface area contributed by atoms with Crippen molar-refractivity contribution in [1.29, 1.82) is 0 Å². The average molecular weight is 422 g/mol. The number of nitrogens with one attached hydrogen (secondary N) is 2. The third-order valence-corrected chi connectivity index (χ3v) is 4.70. The summed E-state index contributed by atoms with van der Waals surface area (Å²) in [5.74, 6) is -0.0942. The molecule has 1 fully saturated rings. The Morgan fingerprint density at radius 1 is 1.20 bits per heavy atom. The van der Waals surface area contributed by atoms with Crippen LogP contribution in [0.25, 0.3) is 0 Å². The molecule has 0 radical (unpaired) electrons. The molecular weight excluding hydrogens is 401 g/mol. The first-order valence-corrected chi connectivity index (χ1v) is 9.35. The summed E-state index contributed by atoms with van der Waals surface area (Å²) in [5, 5.41) is 5.43. The summed E-state index contributed by atoms with van der Waals surface area (Å²) in [5.41, 5.74) is 0.632. The SMILES string of the molecule is CC1(C(=O)Nc2cc(C(=O)NCc3ccc(OCCC(F)(F)F)nc3)ccn2)CC1. The van der Waals surface area contributed by atoms with E-state index < -0.39 is 19.2 Å². The van der Waals surface area contributed by atoms with Gasteiger partial charge in [0.15, 0.2) is 0 Å². The number of nitrogens with zero attached hydrogens (tertiary/aromatic N) is 2. The number of pyridine rings is 2. The lowest BCUT2D eigenvalue weighted by Crippen LogP contribution is -2.24. The number of halogens is 3. The van der Waals surface area contributed by atoms with Crippen molar-refractivity contribution in [3.8, 4) is 5.88 Å². The number of carbonyl (C=O) groups is 2. The summed E-state index contributed by atoms with van der Waals surface area (Å²) >= 11 is 0. The fraction of sp³-hybridized carbons (Fsp3) is 0.400. The van der Waals surface area contributed by atoms with Crippen LogP contribution in [0.1, 0.15) is 42.1 Å². The van der Waals surface area contributed by atoms with E-state index in [9.17, 15) is 22.8 Å². The second-order valence-electron chi connectivity index (χ2n) is 7.35. The Morgan fingerprint density at radius 3 is 2.60 bits per heavy atom. The fourth-order valence-electron chi connectivity index (χ4n) is 2.48. The molecule has 1 aliphatic carbocycles. The average Bonchev–Trinajstić information content (AvgIpc) is 3.45. The molecule has 1 aliphatic rings. The first kappa shape index (κ1) is 21.5. The van der Waals surface area contributed by atoms with E-state index >= 15 is 0 Å². The number of carbonyl (C=O) groups excluding carboxylic acids is 2.